The van der Waals surface area contributed by atoms with Crippen LogP contribution < -0.4 is 5.73 Å². The number of aryl methyl sites for hydroxylation is 2. The van der Waals surface area contributed by atoms with Crippen LogP contribution >= 0.6 is 0 Å². The van der Waals surface area contributed by atoms with Crippen LogP contribution in [0, 0.1) is 19.3 Å². The van der Waals surface area contributed by atoms with Gasteiger partial charge in [0.2, 0.25) is 0 Å². The number of amidine groups is 1. The number of nitrogens with two attached hydrogens (primary N) is 1. The van der Waals surface area contributed by atoms with Gasteiger partial charge in [-0.3, -0.25) is 5.41 Å². The Labute approximate surface area is 101 Å². The molecule has 17 heavy (non-hydrogen) atoms. The summed E-state index contributed by atoms with van der Waals surface area (Å²) >= 11 is 0. The highest BCUT2D eigenvalue weighted by Gasteiger charge is 2.15. The fraction of sp³-hybridized carbons (Fsp3) is 0.385. The van der Waals surface area contributed by atoms with E-state index in [0.29, 0.717) is 0 Å². The number of nitrogens with zero attached hydrogens (tertiary/aromatic N) is 2. The topological polar surface area (TPSA) is 67.7 Å². The van der Waals surface area contributed by atoms with Gasteiger partial charge in [-0.1, -0.05) is 6.92 Å². The third-order valence-corrected chi connectivity index (χ3v) is 3.27. The highest BCUT2D eigenvalue weighted by Crippen LogP contribution is 2.22. The maximum Gasteiger partial charge on any atom is 0.114 e. The number of fused-ring (bicyclic) bond motifs is 1. The summed E-state index contributed by atoms with van der Waals surface area (Å²) in [5.41, 5.74) is 10.1. The van der Waals surface area contributed by atoms with Crippen molar-refractivity contribution in [1.29, 1.82) is 5.41 Å². The molecule has 4 heteroatoms. The molecule has 2 rings (SSSR count). The number of benzene rings is 1. The normalized spacial score (nSPS) is 12.9. The van der Waals surface area contributed by atoms with Gasteiger partial charge in [-0.15, -0.1) is 0 Å². The number of rotatable bonds is 3. The molecule has 90 valence electrons. The van der Waals surface area contributed by atoms with E-state index >= 15 is 0 Å². The summed E-state index contributed by atoms with van der Waals surface area (Å²) in [7, 11) is 0. The van der Waals surface area contributed by atoms with Crippen LogP contribution in [-0.2, 0) is 0 Å². The lowest BCUT2D eigenvalue weighted by atomic mass is 10.1. The molecule has 1 heterocycles. The zero-order valence-electron chi connectivity index (χ0n) is 10.5. The molecule has 0 radical (unpaired) electrons. The largest absolute Gasteiger partial charge is 0.386 e. The van der Waals surface area contributed by atoms with Crippen molar-refractivity contribution >= 4 is 16.9 Å². The fourth-order valence-electron chi connectivity index (χ4n) is 2.10. The molecular formula is C13H18N4. The van der Waals surface area contributed by atoms with E-state index in [9.17, 15) is 0 Å². The van der Waals surface area contributed by atoms with Crippen molar-refractivity contribution in [2.75, 3.05) is 0 Å². The Morgan fingerprint density at radius 2 is 2.06 bits per heavy atom. The highest BCUT2D eigenvalue weighted by molar-refractivity contribution is 5.85. The van der Waals surface area contributed by atoms with E-state index in [0.717, 1.165) is 17.5 Å². The second-order valence-corrected chi connectivity index (χ2v) is 4.46. The molecule has 0 aliphatic carbocycles. The second kappa shape index (κ2) is 4.20. The van der Waals surface area contributed by atoms with Gasteiger partial charge in [-0.2, -0.15) is 0 Å². The van der Waals surface area contributed by atoms with Crippen molar-refractivity contribution in [3.63, 3.8) is 0 Å². The smallest absolute Gasteiger partial charge is 0.114 e. The number of nitrogens with one attached hydrogen (secondary N) is 1. The fourth-order valence-corrected chi connectivity index (χ4v) is 2.10. The first-order chi connectivity index (χ1) is 8.04. The molecule has 0 aliphatic heterocycles. The molecule has 0 bridgehead atoms. The van der Waals surface area contributed by atoms with Crippen molar-refractivity contribution in [2.24, 2.45) is 5.73 Å². The summed E-state index contributed by atoms with van der Waals surface area (Å²) in [6, 6.07) is 4.10. The number of imidazole rings is 1. The van der Waals surface area contributed by atoms with Gasteiger partial charge in [0.1, 0.15) is 5.84 Å². The van der Waals surface area contributed by atoms with Gasteiger partial charge >= 0.3 is 0 Å². The molecule has 3 N–H and O–H groups in total. The molecule has 0 saturated carbocycles. The summed E-state index contributed by atoms with van der Waals surface area (Å²) in [5, 5.41) is 7.63. The molecule has 1 unspecified atom stereocenters. The third-order valence-electron chi connectivity index (χ3n) is 3.27. The first-order valence-electron chi connectivity index (χ1n) is 5.82. The minimum Gasteiger partial charge on any atom is -0.386 e. The van der Waals surface area contributed by atoms with Gasteiger partial charge in [-0.25, -0.2) is 4.98 Å². The van der Waals surface area contributed by atoms with Crippen LogP contribution in [0.1, 0.15) is 30.5 Å². The maximum absolute atomic E-state index is 7.63. The SMILES string of the molecule is CCC(C(=N)N)n1cnc2cc(C)c(C)cc21. The Hall–Kier alpha value is -1.84. The van der Waals surface area contributed by atoms with Gasteiger partial charge in [-0.05, 0) is 43.5 Å². The summed E-state index contributed by atoms with van der Waals surface area (Å²) in [6.07, 6.45) is 2.58. The predicted octanol–water partition coefficient (Wildman–Crippen LogP) is 2.54. The summed E-state index contributed by atoms with van der Waals surface area (Å²) in [5.74, 6) is 0.185. The highest BCUT2D eigenvalue weighted by atomic mass is 15.1. The monoisotopic (exact) mass is 230 g/mol. The molecule has 0 spiro atoms. The van der Waals surface area contributed by atoms with E-state index in [-0.39, 0.29) is 11.9 Å². The minimum absolute atomic E-state index is 0.0953. The van der Waals surface area contributed by atoms with E-state index in [2.05, 4.69) is 31.0 Å². The molecule has 0 aliphatic rings. The average molecular weight is 230 g/mol. The molecule has 0 saturated heterocycles. The molecule has 0 fully saturated rings. The van der Waals surface area contributed by atoms with Crippen LogP contribution in [0.4, 0.5) is 0 Å². The van der Waals surface area contributed by atoms with Gasteiger partial charge in [0.15, 0.2) is 0 Å². The van der Waals surface area contributed by atoms with E-state index in [4.69, 9.17) is 11.1 Å². The number of aromatic nitrogens is 2. The molecule has 1 aromatic heterocycles. The van der Waals surface area contributed by atoms with Crippen LogP contribution in [0.5, 0.6) is 0 Å². The van der Waals surface area contributed by atoms with E-state index in [1.54, 1.807) is 6.33 Å². The summed E-state index contributed by atoms with van der Waals surface area (Å²) in [6.45, 7) is 6.19. The van der Waals surface area contributed by atoms with Gasteiger partial charge in [0.05, 0.1) is 23.4 Å². The maximum atomic E-state index is 7.63. The number of hydrogen-bond acceptors (Lipinski definition) is 2. The zero-order chi connectivity index (χ0) is 12.6. The van der Waals surface area contributed by atoms with E-state index in [1.807, 2.05) is 11.5 Å². The Kier molecular flexibility index (Phi) is 2.88. The average Bonchev–Trinajstić information content (AvgIpc) is 2.63. The van der Waals surface area contributed by atoms with Crippen molar-refractivity contribution in [3.05, 3.63) is 29.6 Å². The molecular weight excluding hydrogens is 212 g/mol. The quantitative estimate of drug-likeness (QED) is 0.628. The van der Waals surface area contributed by atoms with Gasteiger partial charge < -0.3 is 10.3 Å². The van der Waals surface area contributed by atoms with Crippen LogP contribution in [0.15, 0.2) is 18.5 Å². The van der Waals surface area contributed by atoms with Crippen LogP contribution in [0.2, 0.25) is 0 Å². The zero-order valence-corrected chi connectivity index (χ0v) is 10.5. The Morgan fingerprint density at radius 1 is 1.41 bits per heavy atom. The lowest BCUT2D eigenvalue weighted by molar-refractivity contribution is 0.626. The number of hydrogen-bond donors (Lipinski definition) is 2. The third kappa shape index (κ3) is 1.90. The lowest BCUT2D eigenvalue weighted by Crippen LogP contribution is -2.24. The predicted molar refractivity (Wildman–Crippen MR) is 70.4 cm³/mol. The molecule has 4 nitrogen and oxygen atoms in total. The lowest BCUT2D eigenvalue weighted by Gasteiger charge is -2.16. The van der Waals surface area contributed by atoms with Crippen LogP contribution in [0.3, 0.4) is 0 Å². The standard InChI is InChI=1S/C13H18N4/c1-4-11(13(14)15)17-7-16-10-5-8(2)9(3)6-12(10)17/h5-7,11H,4H2,1-3H3,(H3,14,15). The molecule has 1 atom stereocenters. The van der Waals surface area contributed by atoms with E-state index < -0.39 is 0 Å². The molecule has 0 amide bonds. The van der Waals surface area contributed by atoms with Crippen molar-refractivity contribution < 1.29 is 0 Å². The van der Waals surface area contributed by atoms with E-state index in [1.165, 1.54) is 11.1 Å². The van der Waals surface area contributed by atoms with Crippen molar-refractivity contribution in [3.8, 4) is 0 Å². The molecule has 1 aromatic carbocycles. The Bertz CT molecular complexity index is 568. The van der Waals surface area contributed by atoms with Crippen molar-refractivity contribution in [1.82, 2.24) is 9.55 Å². The molecule has 2 aromatic rings. The van der Waals surface area contributed by atoms with Gasteiger partial charge in [0.25, 0.3) is 0 Å². The Balaban J connectivity index is 2.63. The van der Waals surface area contributed by atoms with Crippen LogP contribution in [-0.4, -0.2) is 15.4 Å². The van der Waals surface area contributed by atoms with Gasteiger partial charge in [0, 0.05) is 0 Å². The second-order valence-electron chi connectivity index (χ2n) is 4.46. The first-order valence-corrected chi connectivity index (χ1v) is 5.82. The Morgan fingerprint density at radius 3 is 2.65 bits per heavy atom. The van der Waals surface area contributed by atoms with Crippen LogP contribution in [0.25, 0.3) is 11.0 Å². The first kappa shape index (κ1) is 11.6. The minimum atomic E-state index is -0.0953. The van der Waals surface area contributed by atoms with Crippen molar-refractivity contribution in [2.45, 2.75) is 33.2 Å². The summed E-state index contributed by atoms with van der Waals surface area (Å²) in [4.78, 5) is 4.38. The summed E-state index contributed by atoms with van der Waals surface area (Å²) < 4.78 is 1.99.